The maximum Gasteiger partial charge on any atom is 0.293 e. The third-order valence-corrected chi connectivity index (χ3v) is 17.7. The van der Waals surface area contributed by atoms with Crippen molar-refractivity contribution in [1.29, 1.82) is 0 Å². The van der Waals surface area contributed by atoms with Crippen molar-refractivity contribution in [2.45, 2.75) is 81.1 Å². The Balaban J connectivity index is 0.772. The summed E-state index contributed by atoms with van der Waals surface area (Å²) in [6, 6.07) is 30.9. The maximum absolute atomic E-state index is 14.2. The number of anilines is 2. The number of fused-ring (bicyclic) bond motifs is 1. The molecule has 1 amide bonds. The highest BCUT2D eigenvalue weighted by atomic mass is 32.2. The van der Waals surface area contributed by atoms with E-state index in [1.165, 1.54) is 28.8 Å². The summed E-state index contributed by atoms with van der Waals surface area (Å²) < 4.78 is 53.1. The molecule has 19 heteroatoms. The van der Waals surface area contributed by atoms with Gasteiger partial charge in [-0.25, -0.2) is 18.1 Å². The molecule has 2 aromatic heterocycles. The minimum absolute atomic E-state index is 0.0303. The van der Waals surface area contributed by atoms with Crippen LogP contribution in [0.4, 0.5) is 17.1 Å². The van der Waals surface area contributed by atoms with Crippen LogP contribution in [0.5, 0.6) is 17.2 Å². The van der Waals surface area contributed by atoms with E-state index in [9.17, 15) is 23.3 Å². The lowest BCUT2D eigenvalue weighted by molar-refractivity contribution is -0.384. The molecule has 18 nitrogen and oxygen atoms in total. The first-order valence-corrected chi connectivity index (χ1v) is 28.0. The van der Waals surface area contributed by atoms with E-state index in [2.05, 4.69) is 89.9 Å². The monoisotopic (exact) mass is 1050 g/mol. The number of ether oxygens (including phenoxy) is 4. The van der Waals surface area contributed by atoms with Gasteiger partial charge in [0.25, 0.3) is 21.6 Å². The molecule has 2 atom stereocenters. The molecule has 6 heterocycles. The number of carbonyl (C=O) groups excluding carboxylic acids is 1. The average Bonchev–Trinajstić information content (AvgIpc) is 3.89. The number of aromatic amines is 1. The number of H-pyrrole nitrogens is 1. The van der Waals surface area contributed by atoms with Crippen molar-refractivity contribution in [1.82, 2.24) is 29.4 Å². The van der Waals surface area contributed by atoms with Crippen LogP contribution in [0.2, 0.25) is 0 Å². The van der Waals surface area contributed by atoms with Gasteiger partial charge in [0.15, 0.2) is 0 Å². The number of carbonyl (C=O) groups is 1. The molecule has 4 saturated heterocycles. The predicted octanol–water partition coefficient (Wildman–Crippen LogP) is 8.33. The van der Waals surface area contributed by atoms with Gasteiger partial charge in [-0.2, -0.15) is 0 Å². The van der Waals surface area contributed by atoms with Gasteiger partial charge in [0, 0.05) is 100 Å². The third-order valence-electron chi connectivity index (χ3n) is 16.4. The van der Waals surface area contributed by atoms with Crippen LogP contribution < -0.4 is 24.4 Å². The number of piperazine rings is 1. The van der Waals surface area contributed by atoms with Crippen LogP contribution in [-0.2, 0) is 26.0 Å². The molecule has 1 saturated carbocycles. The molecule has 6 aromatic rings. The number of nitrogens with zero attached hydrogens (tertiary/aromatic N) is 6. The lowest BCUT2D eigenvalue weighted by Crippen LogP contribution is -2.60. The number of hydrogen-bond donors (Lipinski definition) is 3. The van der Waals surface area contributed by atoms with Gasteiger partial charge in [0.1, 0.15) is 28.6 Å². The van der Waals surface area contributed by atoms with Crippen LogP contribution in [0, 0.1) is 15.5 Å². The Morgan fingerprint density at radius 2 is 1.72 bits per heavy atom. The number of benzene rings is 4. The predicted molar refractivity (Wildman–Crippen MR) is 290 cm³/mol. The fourth-order valence-electron chi connectivity index (χ4n) is 12.0. The van der Waals surface area contributed by atoms with E-state index < -0.39 is 31.4 Å². The van der Waals surface area contributed by atoms with Crippen molar-refractivity contribution < 1.29 is 37.1 Å². The minimum Gasteiger partial charge on any atom is -0.497 e. The molecule has 3 N–H and O–H groups in total. The van der Waals surface area contributed by atoms with Gasteiger partial charge in [-0.1, -0.05) is 50.2 Å². The summed E-state index contributed by atoms with van der Waals surface area (Å²) >= 11 is 0. The van der Waals surface area contributed by atoms with E-state index >= 15 is 0 Å². The van der Waals surface area contributed by atoms with Gasteiger partial charge in [-0.3, -0.25) is 29.6 Å². The normalized spacial score (nSPS) is 20.8. The summed E-state index contributed by atoms with van der Waals surface area (Å²) in [4.78, 5) is 42.9. The summed E-state index contributed by atoms with van der Waals surface area (Å²) in [6.45, 7) is 13.6. The van der Waals surface area contributed by atoms with Crippen molar-refractivity contribution in [3.63, 3.8) is 0 Å². The highest BCUT2D eigenvalue weighted by molar-refractivity contribution is 7.90. The Morgan fingerprint density at radius 3 is 2.47 bits per heavy atom. The average molecular weight is 1050 g/mol. The molecule has 11 rings (SSSR count). The molecule has 0 unspecified atom stereocenters. The molecule has 1 spiro atoms. The highest BCUT2D eigenvalue weighted by Gasteiger charge is 2.50. The number of nitrogens with one attached hydrogen (secondary N) is 3. The molecule has 0 radical (unpaired) electrons. The second-order valence-electron chi connectivity index (χ2n) is 21.5. The summed E-state index contributed by atoms with van der Waals surface area (Å²) in [5, 5.41) is 16.2. The summed E-state index contributed by atoms with van der Waals surface area (Å²) in [5.74, 6) is 0.833. The van der Waals surface area contributed by atoms with E-state index in [0.29, 0.717) is 61.8 Å². The zero-order valence-corrected chi connectivity index (χ0v) is 44.2. The van der Waals surface area contributed by atoms with Crippen LogP contribution in [0.15, 0.2) is 114 Å². The number of aromatic nitrogens is 2. The van der Waals surface area contributed by atoms with Gasteiger partial charge in [0.2, 0.25) is 0 Å². The highest BCUT2D eigenvalue weighted by Crippen LogP contribution is 2.53. The number of morpholine rings is 1. The fraction of sp³-hybridized carbons (Fsp3) is 0.439. The Bertz CT molecular complexity index is 3170. The van der Waals surface area contributed by atoms with Crippen molar-refractivity contribution in [3.8, 4) is 17.2 Å². The third kappa shape index (κ3) is 11.0. The first-order chi connectivity index (χ1) is 36.8. The second kappa shape index (κ2) is 21.8. The summed E-state index contributed by atoms with van der Waals surface area (Å²) in [6.07, 6.45) is 7.40. The number of nitro benzene ring substituents is 1. The molecule has 76 heavy (non-hydrogen) atoms. The van der Waals surface area contributed by atoms with Crippen molar-refractivity contribution in [2.24, 2.45) is 5.41 Å². The standard InChI is InChI=1S/C57H67N9O9S/c1-38(2)48-6-4-5-7-49(48)53-35-62(33-39-8-11-44(72-3)12-9-39)22-23-65(53)42-29-57(30-42)17-20-63(21-18-57)41-10-14-50(54(27-41)75-45-26-40-16-19-58-55(40)60-31-45)56(67)61-76(70,71)47-13-15-51(52(28-47)66(68)69)59-32-46-34-64(24-25-74-46)43-36-73-37-43/h4-16,19,26-28,31,38,42-43,46,53,59H,17-18,20-25,29-30,32-37H2,1-3H3,(H,58,60)(H,61,67)/t46-,53+/m1/s1. The van der Waals surface area contributed by atoms with Crippen LogP contribution in [0.3, 0.4) is 0 Å². The largest absolute Gasteiger partial charge is 0.497 e. The molecular formula is C57H67N9O9S. The van der Waals surface area contributed by atoms with Crippen molar-refractivity contribution in [3.05, 3.63) is 142 Å². The number of sulfonamides is 1. The van der Waals surface area contributed by atoms with Crippen LogP contribution >= 0.6 is 0 Å². The van der Waals surface area contributed by atoms with E-state index in [1.54, 1.807) is 37.7 Å². The maximum atomic E-state index is 14.2. The number of amides is 1. The number of nitro groups is 1. The van der Waals surface area contributed by atoms with Gasteiger partial charge >= 0.3 is 0 Å². The molecule has 1 aliphatic carbocycles. The topological polar surface area (TPSA) is 197 Å². The van der Waals surface area contributed by atoms with Crippen molar-refractivity contribution in [2.75, 3.05) is 89.5 Å². The lowest BCUT2D eigenvalue weighted by Gasteiger charge is -2.58. The number of pyridine rings is 1. The SMILES string of the molecule is COc1ccc(CN2CCN(C3CC4(CCN(c5ccc(C(=O)NS(=O)(=O)c6ccc(NC[C@@H]7CN(C8COC8)CCO7)c([N+](=O)[O-])c6)c(Oc6cnc7[nH]ccc7c6)c5)CC4)C3)[C@H](c3ccccc3C(C)C)C2)cc1. The molecular weight excluding hydrogens is 987 g/mol. The zero-order valence-electron chi connectivity index (χ0n) is 43.4. The van der Waals surface area contributed by atoms with E-state index in [-0.39, 0.29) is 35.1 Å². The Morgan fingerprint density at radius 1 is 0.921 bits per heavy atom. The molecule has 0 bridgehead atoms. The fourth-order valence-corrected chi connectivity index (χ4v) is 13.0. The van der Waals surface area contributed by atoms with E-state index in [4.69, 9.17) is 18.9 Å². The van der Waals surface area contributed by atoms with Crippen LogP contribution in [0.1, 0.15) is 78.5 Å². The van der Waals surface area contributed by atoms with E-state index in [1.807, 2.05) is 24.3 Å². The number of methoxy groups -OCH3 is 1. The smallest absolute Gasteiger partial charge is 0.293 e. The van der Waals surface area contributed by atoms with Crippen LogP contribution in [-0.4, -0.2) is 141 Å². The quantitative estimate of drug-likeness (QED) is 0.0582. The summed E-state index contributed by atoms with van der Waals surface area (Å²) in [7, 11) is -2.90. The van der Waals surface area contributed by atoms with E-state index in [0.717, 1.165) is 94.4 Å². The van der Waals surface area contributed by atoms with Gasteiger partial charge < -0.3 is 34.1 Å². The van der Waals surface area contributed by atoms with Gasteiger partial charge in [-0.15, -0.1) is 0 Å². The molecule has 4 aliphatic heterocycles. The van der Waals surface area contributed by atoms with Crippen molar-refractivity contribution >= 4 is 44.0 Å². The Hall–Kier alpha value is -6.61. The minimum atomic E-state index is -4.60. The molecule has 4 aromatic carbocycles. The van der Waals surface area contributed by atoms with Gasteiger partial charge in [0.05, 0.1) is 60.7 Å². The number of rotatable bonds is 17. The summed E-state index contributed by atoms with van der Waals surface area (Å²) in [5.41, 5.74) is 5.53. The molecule has 400 valence electrons. The molecule has 5 aliphatic rings. The van der Waals surface area contributed by atoms with Crippen LogP contribution in [0.25, 0.3) is 11.0 Å². The zero-order chi connectivity index (χ0) is 52.6. The second-order valence-corrected chi connectivity index (χ2v) is 23.2. The number of piperidine rings is 1. The Labute approximate surface area is 443 Å². The molecule has 5 fully saturated rings. The Kier molecular flexibility index (Phi) is 14.8. The first kappa shape index (κ1) is 51.5. The number of hydrogen-bond acceptors (Lipinski definition) is 15. The lowest BCUT2D eigenvalue weighted by atomic mass is 9.59. The first-order valence-electron chi connectivity index (χ1n) is 26.5. The van der Waals surface area contributed by atoms with Gasteiger partial charge in [-0.05, 0) is 102 Å².